The number of halogens is 3. The van der Waals surface area contributed by atoms with E-state index in [0.29, 0.717) is 15.6 Å². The largest absolute Gasteiger partial charge is 0.323 e. The van der Waals surface area contributed by atoms with Gasteiger partial charge in [0.05, 0.1) is 22.5 Å². The van der Waals surface area contributed by atoms with Crippen LogP contribution in [0.1, 0.15) is 18.0 Å². The van der Waals surface area contributed by atoms with E-state index in [1.807, 2.05) is 6.07 Å². The Labute approximate surface area is 98.2 Å². The van der Waals surface area contributed by atoms with Crippen LogP contribution >= 0.6 is 35.6 Å². The van der Waals surface area contributed by atoms with E-state index < -0.39 is 6.04 Å². The minimum Gasteiger partial charge on any atom is -0.323 e. The molecule has 0 radical (unpaired) electrons. The Kier molecular flexibility index (Phi) is 5.82. The number of hydrogen-bond acceptors (Lipinski definition) is 3. The summed E-state index contributed by atoms with van der Waals surface area (Å²) in [6.45, 7) is 0. The highest BCUT2D eigenvalue weighted by Gasteiger charge is 2.13. The SMILES string of the molecule is Cl.N#CC[C@@H](N)c1c(Cl)cncc1Cl. The summed E-state index contributed by atoms with van der Waals surface area (Å²) < 4.78 is 0. The second-order valence-electron chi connectivity index (χ2n) is 2.49. The summed E-state index contributed by atoms with van der Waals surface area (Å²) in [7, 11) is 0. The van der Waals surface area contributed by atoms with Crippen LogP contribution in [0.3, 0.4) is 0 Å². The molecule has 2 N–H and O–H groups in total. The summed E-state index contributed by atoms with van der Waals surface area (Å²) in [4.78, 5) is 3.78. The number of nitrogens with zero attached hydrogens (tertiary/aromatic N) is 2. The van der Waals surface area contributed by atoms with Gasteiger partial charge in [-0.2, -0.15) is 5.26 Å². The van der Waals surface area contributed by atoms with Crippen LogP contribution in [-0.4, -0.2) is 4.98 Å². The lowest BCUT2D eigenvalue weighted by atomic mass is 10.1. The Morgan fingerprint density at radius 3 is 2.36 bits per heavy atom. The molecule has 0 amide bonds. The molecule has 1 rings (SSSR count). The van der Waals surface area contributed by atoms with Crippen molar-refractivity contribution in [2.75, 3.05) is 0 Å². The van der Waals surface area contributed by atoms with E-state index in [4.69, 9.17) is 34.2 Å². The van der Waals surface area contributed by atoms with Gasteiger partial charge in [0.15, 0.2) is 0 Å². The molecular weight excluding hydrogens is 244 g/mol. The maximum absolute atomic E-state index is 8.45. The molecule has 1 heterocycles. The molecule has 0 saturated heterocycles. The van der Waals surface area contributed by atoms with Gasteiger partial charge in [-0.3, -0.25) is 4.98 Å². The molecule has 0 unspecified atom stereocenters. The zero-order chi connectivity index (χ0) is 9.84. The van der Waals surface area contributed by atoms with Gasteiger partial charge in [0.1, 0.15) is 0 Å². The highest BCUT2D eigenvalue weighted by molar-refractivity contribution is 6.35. The first-order valence-corrected chi connectivity index (χ1v) is 4.34. The summed E-state index contributed by atoms with van der Waals surface area (Å²) in [5, 5.41) is 9.24. The lowest BCUT2D eigenvalue weighted by molar-refractivity contribution is 0.747. The van der Waals surface area contributed by atoms with Gasteiger partial charge < -0.3 is 5.73 Å². The van der Waals surface area contributed by atoms with Crippen molar-refractivity contribution in [3.63, 3.8) is 0 Å². The van der Waals surface area contributed by atoms with E-state index >= 15 is 0 Å². The first-order valence-electron chi connectivity index (χ1n) is 3.58. The average Bonchev–Trinajstić information content (AvgIpc) is 2.04. The molecule has 0 spiro atoms. The molecule has 14 heavy (non-hydrogen) atoms. The van der Waals surface area contributed by atoms with Crippen LogP contribution in [0.4, 0.5) is 0 Å². The van der Waals surface area contributed by atoms with Crippen molar-refractivity contribution >= 4 is 35.6 Å². The molecule has 0 bridgehead atoms. The van der Waals surface area contributed by atoms with Crippen molar-refractivity contribution in [1.82, 2.24) is 4.98 Å². The van der Waals surface area contributed by atoms with Crippen molar-refractivity contribution in [2.45, 2.75) is 12.5 Å². The van der Waals surface area contributed by atoms with Crippen molar-refractivity contribution in [1.29, 1.82) is 5.26 Å². The summed E-state index contributed by atoms with van der Waals surface area (Å²) in [5.74, 6) is 0. The van der Waals surface area contributed by atoms with Crippen molar-refractivity contribution in [2.24, 2.45) is 5.73 Å². The topological polar surface area (TPSA) is 62.7 Å². The van der Waals surface area contributed by atoms with Gasteiger partial charge in [0, 0.05) is 24.0 Å². The van der Waals surface area contributed by atoms with E-state index in [0.717, 1.165) is 0 Å². The maximum Gasteiger partial charge on any atom is 0.0652 e. The summed E-state index contributed by atoms with van der Waals surface area (Å²) in [5.41, 5.74) is 6.27. The highest BCUT2D eigenvalue weighted by atomic mass is 35.5. The monoisotopic (exact) mass is 251 g/mol. The molecule has 76 valence electrons. The molecule has 0 aliphatic rings. The van der Waals surface area contributed by atoms with Crippen LogP contribution in [0.25, 0.3) is 0 Å². The van der Waals surface area contributed by atoms with Crippen LogP contribution in [0.2, 0.25) is 10.0 Å². The fourth-order valence-corrected chi connectivity index (χ4v) is 1.62. The third kappa shape index (κ3) is 3.00. The van der Waals surface area contributed by atoms with Crippen molar-refractivity contribution < 1.29 is 0 Å². The quantitative estimate of drug-likeness (QED) is 0.880. The van der Waals surface area contributed by atoms with E-state index in [1.165, 1.54) is 12.4 Å². The lowest BCUT2D eigenvalue weighted by Crippen LogP contribution is -2.10. The molecule has 0 saturated carbocycles. The Bertz CT molecular complexity index is 328. The number of aromatic nitrogens is 1. The van der Waals surface area contributed by atoms with Gasteiger partial charge in [0.25, 0.3) is 0 Å². The predicted octanol–water partition coefficient (Wildman–Crippen LogP) is 2.72. The van der Waals surface area contributed by atoms with E-state index in [2.05, 4.69) is 4.98 Å². The van der Waals surface area contributed by atoms with Crippen molar-refractivity contribution in [3.8, 4) is 6.07 Å². The second kappa shape index (κ2) is 6.05. The molecule has 1 atom stereocenters. The van der Waals surface area contributed by atoms with Gasteiger partial charge in [-0.25, -0.2) is 0 Å². The first kappa shape index (κ1) is 13.5. The minimum absolute atomic E-state index is 0. The van der Waals surface area contributed by atoms with Crippen LogP contribution < -0.4 is 5.73 Å². The second-order valence-corrected chi connectivity index (χ2v) is 3.30. The first-order chi connectivity index (χ1) is 6.16. The molecule has 3 nitrogen and oxygen atoms in total. The van der Waals surface area contributed by atoms with Gasteiger partial charge in [0.2, 0.25) is 0 Å². The summed E-state index contributed by atoms with van der Waals surface area (Å²) in [6, 6.07) is 1.51. The smallest absolute Gasteiger partial charge is 0.0652 e. The van der Waals surface area contributed by atoms with Gasteiger partial charge in [-0.05, 0) is 0 Å². The number of nitriles is 1. The maximum atomic E-state index is 8.45. The number of rotatable bonds is 2. The zero-order valence-corrected chi connectivity index (χ0v) is 9.40. The minimum atomic E-state index is -0.451. The molecule has 0 aliphatic heterocycles. The third-order valence-corrected chi connectivity index (χ3v) is 2.17. The fourth-order valence-electron chi connectivity index (χ4n) is 0.976. The molecule has 6 heteroatoms. The van der Waals surface area contributed by atoms with Crippen LogP contribution in [-0.2, 0) is 0 Å². The normalized spacial score (nSPS) is 11.3. The molecule has 1 aromatic heterocycles. The van der Waals surface area contributed by atoms with E-state index in [-0.39, 0.29) is 18.8 Å². The number of pyridine rings is 1. The fraction of sp³-hybridized carbons (Fsp3) is 0.250. The Morgan fingerprint density at radius 1 is 1.43 bits per heavy atom. The average molecular weight is 253 g/mol. The Balaban J connectivity index is 0.00000169. The summed E-state index contributed by atoms with van der Waals surface area (Å²) >= 11 is 11.6. The van der Waals surface area contributed by atoms with Crippen LogP contribution in [0, 0.1) is 11.3 Å². The van der Waals surface area contributed by atoms with Crippen molar-refractivity contribution in [3.05, 3.63) is 28.0 Å². The Morgan fingerprint density at radius 2 is 1.93 bits per heavy atom. The Hall–Kier alpha value is -0.530. The number of nitrogens with two attached hydrogens (primary N) is 1. The standard InChI is InChI=1S/C8H7Cl2N3.ClH/c9-5-3-13-4-6(10)8(5)7(12)1-2-11;/h3-4,7H,1,12H2;1H/t7-;/m1./s1. The van der Waals surface area contributed by atoms with Gasteiger partial charge in [-0.1, -0.05) is 23.2 Å². The number of hydrogen-bond donors (Lipinski definition) is 1. The molecular formula is C8H8Cl3N3. The highest BCUT2D eigenvalue weighted by Crippen LogP contribution is 2.29. The van der Waals surface area contributed by atoms with Gasteiger partial charge in [-0.15, -0.1) is 12.4 Å². The zero-order valence-electron chi connectivity index (χ0n) is 7.08. The molecule has 0 fully saturated rings. The molecule has 1 aromatic rings. The summed E-state index contributed by atoms with van der Waals surface area (Å²) in [6.07, 6.45) is 3.10. The van der Waals surface area contributed by atoms with E-state index in [9.17, 15) is 0 Å². The predicted molar refractivity (Wildman–Crippen MR) is 58.7 cm³/mol. The van der Waals surface area contributed by atoms with E-state index in [1.54, 1.807) is 0 Å². The van der Waals surface area contributed by atoms with Crippen LogP contribution in [0.5, 0.6) is 0 Å². The molecule has 0 aliphatic carbocycles. The lowest BCUT2D eigenvalue weighted by Gasteiger charge is -2.10. The van der Waals surface area contributed by atoms with Crippen LogP contribution in [0.15, 0.2) is 12.4 Å². The molecule has 0 aromatic carbocycles. The third-order valence-electron chi connectivity index (χ3n) is 1.57. The van der Waals surface area contributed by atoms with Gasteiger partial charge >= 0.3 is 0 Å².